The molecule has 0 aromatic heterocycles. The van der Waals surface area contributed by atoms with Crippen molar-refractivity contribution in [1.29, 1.82) is 0 Å². The molecular formula is C12H17BrN2O4. The summed E-state index contributed by atoms with van der Waals surface area (Å²) in [4.78, 5) is 10.2. The highest BCUT2D eigenvalue weighted by atomic mass is 79.9. The Balaban J connectivity index is 2.52. The summed E-state index contributed by atoms with van der Waals surface area (Å²) in [6, 6.07) is 4.27. The number of rotatable bonds is 8. The maximum atomic E-state index is 10.7. The van der Waals surface area contributed by atoms with E-state index in [1.165, 1.54) is 12.1 Å². The number of nitrogens with one attached hydrogen (secondary N) is 1. The molecule has 0 saturated heterocycles. The van der Waals surface area contributed by atoms with E-state index < -0.39 is 11.0 Å². The zero-order chi connectivity index (χ0) is 14.3. The normalized spacial score (nSPS) is 12.2. The molecule has 1 aromatic carbocycles. The van der Waals surface area contributed by atoms with Gasteiger partial charge in [0.05, 0.1) is 15.5 Å². The van der Waals surface area contributed by atoms with Crippen LogP contribution in [0.25, 0.3) is 0 Å². The van der Waals surface area contributed by atoms with Crippen LogP contribution in [0.3, 0.4) is 0 Å². The molecule has 0 aliphatic rings. The molecule has 0 bridgehead atoms. The monoisotopic (exact) mass is 332 g/mol. The molecule has 1 atom stereocenters. The van der Waals surface area contributed by atoms with Gasteiger partial charge in [0.25, 0.3) is 5.69 Å². The first-order valence-corrected chi connectivity index (χ1v) is 6.79. The lowest BCUT2D eigenvalue weighted by Crippen LogP contribution is -2.31. The molecule has 0 heterocycles. The number of aliphatic hydroxyl groups is 1. The summed E-state index contributed by atoms with van der Waals surface area (Å²) >= 11 is 3.25. The number of nitro benzene ring substituents is 1. The van der Waals surface area contributed by atoms with Crippen molar-refractivity contribution in [2.75, 3.05) is 19.7 Å². The number of nitrogens with zero attached hydrogens (tertiary/aromatic N) is 1. The number of hydrogen-bond acceptors (Lipinski definition) is 5. The Morgan fingerprint density at radius 1 is 1.58 bits per heavy atom. The van der Waals surface area contributed by atoms with E-state index in [1.807, 2.05) is 6.92 Å². The van der Waals surface area contributed by atoms with Crippen LogP contribution in [0.5, 0.6) is 5.75 Å². The third kappa shape index (κ3) is 5.54. The minimum absolute atomic E-state index is 0.0446. The summed E-state index contributed by atoms with van der Waals surface area (Å²) < 4.78 is 6.00. The number of halogens is 1. The lowest BCUT2D eigenvalue weighted by molar-refractivity contribution is -0.385. The molecule has 0 aliphatic carbocycles. The van der Waals surface area contributed by atoms with Gasteiger partial charge in [-0.2, -0.15) is 0 Å². The summed E-state index contributed by atoms with van der Waals surface area (Å²) in [5.41, 5.74) is -0.0446. The maximum Gasteiger partial charge on any atom is 0.273 e. The van der Waals surface area contributed by atoms with Gasteiger partial charge in [-0.1, -0.05) is 6.92 Å². The van der Waals surface area contributed by atoms with Crippen molar-refractivity contribution in [2.24, 2.45) is 0 Å². The Labute approximate surface area is 120 Å². The van der Waals surface area contributed by atoms with Gasteiger partial charge in [0.1, 0.15) is 18.5 Å². The van der Waals surface area contributed by atoms with Gasteiger partial charge in [0, 0.05) is 12.6 Å². The van der Waals surface area contributed by atoms with E-state index in [2.05, 4.69) is 21.2 Å². The van der Waals surface area contributed by atoms with Crippen LogP contribution in [0.2, 0.25) is 0 Å². The molecule has 19 heavy (non-hydrogen) atoms. The van der Waals surface area contributed by atoms with Crippen LogP contribution in [0.4, 0.5) is 5.69 Å². The summed E-state index contributed by atoms with van der Waals surface area (Å²) in [6.45, 7) is 3.38. The highest BCUT2D eigenvalue weighted by Gasteiger charge is 2.12. The summed E-state index contributed by atoms with van der Waals surface area (Å²) in [6.07, 6.45) is 0.335. The fourth-order valence-corrected chi connectivity index (χ4v) is 1.77. The lowest BCUT2D eigenvalue weighted by atomic mass is 10.3. The van der Waals surface area contributed by atoms with Gasteiger partial charge < -0.3 is 15.2 Å². The molecule has 7 heteroatoms. The second kappa shape index (κ2) is 8.08. The number of aliphatic hydroxyl groups excluding tert-OH is 1. The van der Waals surface area contributed by atoms with E-state index >= 15 is 0 Å². The first kappa shape index (κ1) is 15.9. The van der Waals surface area contributed by atoms with E-state index in [4.69, 9.17) is 4.74 Å². The van der Waals surface area contributed by atoms with Gasteiger partial charge in [-0.3, -0.25) is 10.1 Å². The Morgan fingerprint density at radius 2 is 2.32 bits per heavy atom. The SMILES string of the molecule is CCCNCC(O)COc1cc([N+](=O)[O-])ccc1Br. The molecule has 6 nitrogen and oxygen atoms in total. The molecule has 1 unspecified atom stereocenters. The Kier molecular flexibility index (Phi) is 6.75. The van der Waals surface area contributed by atoms with Crippen LogP contribution < -0.4 is 10.1 Å². The average Bonchev–Trinajstić information content (AvgIpc) is 2.37. The fourth-order valence-electron chi connectivity index (χ4n) is 1.41. The van der Waals surface area contributed by atoms with Gasteiger partial charge in [-0.15, -0.1) is 0 Å². The molecule has 0 fully saturated rings. The van der Waals surface area contributed by atoms with Gasteiger partial charge in [-0.05, 0) is 35.0 Å². The predicted octanol–water partition coefficient (Wildman–Crippen LogP) is 2.10. The molecule has 2 N–H and O–H groups in total. The summed E-state index contributed by atoms with van der Waals surface area (Å²) in [5.74, 6) is 0.351. The molecule has 106 valence electrons. The van der Waals surface area contributed by atoms with Crippen molar-refractivity contribution in [2.45, 2.75) is 19.4 Å². The summed E-state index contributed by atoms with van der Waals surface area (Å²) in [7, 11) is 0. The smallest absolute Gasteiger partial charge is 0.273 e. The number of nitro groups is 1. The lowest BCUT2D eigenvalue weighted by Gasteiger charge is -2.13. The van der Waals surface area contributed by atoms with Crippen molar-refractivity contribution in [1.82, 2.24) is 5.32 Å². The highest BCUT2D eigenvalue weighted by molar-refractivity contribution is 9.10. The first-order chi connectivity index (χ1) is 9.04. The van der Waals surface area contributed by atoms with Gasteiger partial charge in [0.2, 0.25) is 0 Å². The molecule has 0 saturated carbocycles. The standard InChI is InChI=1S/C12H17BrN2O4/c1-2-5-14-7-10(16)8-19-12-6-9(15(17)18)3-4-11(12)13/h3-4,6,10,14,16H,2,5,7-8H2,1H3. The Morgan fingerprint density at radius 3 is 2.95 bits per heavy atom. The zero-order valence-electron chi connectivity index (χ0n) is 10.6. The van der Waals surface area contributed by atoms with Crippen LogP contribution in [-0.2, 0) is 0 Å². The zero-order valence-corrected chi connectivity index (χ0v) is 12.2. The minimum Gasteiger partial charge on any atom is -0.489 e. The second-order valence-corrected chi connectivity index (χ2v) is 4.90. The number of non-ortho nitro benzene ring substituents is 1. The number of ether oxygens (including phenoxy) is 1. The van der Waals surface area contributed by atoms with Crippen molar-refractivity contribution in [3.05, 3.63) is 32.8 Å². The van der Waals surface area contributed by atoms with E-state index in [1.54, 1.807) is 6.07 Å². The second-order valence-electron chi connectivity index (χ2n) is 4.04. The molecule has 0 radical (unpaired) electrons. The Bertz CT molecular complexity index is 428. The van der Waals surface area contributed by atoms with Crippen LogP contribution in [-0.4, -0.2) is 35.8 Å². The van der Waals surface area contributed by atoms with E-state index in [-0.39, 0.29) is 12.3 Å². The quantitative estimate of drug-likeness (QED) is 0.432. The van der Waals surface area contributed by atoms with Gasteiger partial charge >= 0.3 is 0 Å². The molecule has 0 amide bonds. The fraction of sp³-hybridized carbons (Fsp3) is 0.500. The van der Waals surface area contributed by atoms with Crippen molar-refractivity contribution in [3.63, 3.8) is 0 Å². The summed E-state index contributed by atoms with van der Waals surface area (Å²) in [5, 5.41) is 23.4. The average molecular weight is 333 g/mol. The third-order valence-electron chi connectivity index (χ3n) is 2.36. The van der Waals surface area contributed by atoms with Crippen LogP contribution in [0, 0.1) is 10.1 Å². The highest BCUT2D eigenvalue weighted by Crippen LogP contribution is 2.29. The first-order valence-electron chi connectivity index (χ1n) is 6.00. The van der Waals surface area contributed by atoms with Crippen LogP contribution in [0.1, 0.15) is 13.3 Å². The minimum atomic E-state index is -0.655. The van der Waals surface area contributed by atoms with E-state index in [9.17, 15) is 15.2 Å². The molecule has 0 aliphatic heterocycles. The van der Waals surface area contributed by atoms with E-state index in [0.29, 0.717) is 16.8 Å². The molecule has 0 spiro atoms. The van der Waals surface area contributed by atoms with Crippen LogP contribution in [0.15, 0.2) is 22.7 Å². The molecule has 1 aromatic rings. The van der Waals surface area contributed by atoms with Crippen LogP contribution >= 0.6 is 15.9 Å². The topological polar surface area (TPSA) is 84.6 Å². The van der Waals surface area contributed by atoms with Crippen molar-refractivity contribution in [3.8, 4) is 5.75 Å². The maximum absolute atomic E-state index is 10.7. The van der Waals surface area contributed by atoms with Gasteiger partial charge in [0.15, 0.2) is 0 Å². The third-order valence-corrected chi connectivity index (χ3v) is 3.02. The molecule has 1 rings (SSSR count). The van der Waals surface area contributed by atoms with Crippen molar-refractivity contribution >= 4 is 21.6 Å². The Hall–Kier alpha value is -1.18. The van der Waals surface area contributed by atoms with Gasteiger partial charge in [-0.25, -0.2) is 0 Å². The molecular weight excluding hydrogens is 316 g/mol. The largest absolute Gasteiger partial charge is 0.489 e. The number of hydrogen-bond donors (Lipinski definition) is 2. The van der Waals surface area contributed by atoms with Crippen molar-refractivity contribution < 1.29 is 14.8 Å². The predicted molar refractivity (Wildman–Crippen MR) is 75.5 cm³/mol. The number of benzene rings is 1. The van der Waals surface area contributed by atoms with E-state index in [0.717, 1.165) is 13.0 Å².